The van der Waals surface area contributed by atoms with Crippen LogP contribution in [0.25, 0.3) is 0 Å². The van der Waals surface area contributed by atoms with Crippen LogP contribution < -0.4 is 5.73 Å². The Labute approximate surface area is 111 Å². The molecule has 0 aromatic heterocycles. The van der Waals surface area contributed by atoms with Crippen LogP contribution in [0.2, 0.25) is 0 Å². The largest absolute Gasteiger partial charge is 0.329 e. The van der Waals surface area contributed by atoms with Gasteiger partial charge >= 0.3 is 0 Å². The van der Waals surface area contributed by atoms with E-state index in [1.807, 2.05) is 0 Å². The van der Waals surface area contributed by atoms with Gasteiger partial charge in [-0.2, -0.15) is 0 Å². The molecule has 1 saturated carbocycles. The van der Waals surface area contributed by atoms with Gasteiger partial charge in [0.1, 0.15) is 0 Å². The van der Waals surface area contributed by atoms with Crippen LogP contribution in [0, 0.1) is 5.92 Å². The van der Waals surface area contributed by atoms with Crippen molar-refractivity contribution in [2.24, 2.45) is 11.7 Å². The lowest BCUT2D eigenvalue weighted by atomic mass is 10.0. The first-order valence-electron chi connectivity index (χ1n) is 7.12. The molecule has 1 atom stereocenters. The second-order valence-corrected chi connectivity index (χ2v) is 6.03. The minimum Gasteiger partial charge on any atom is -0.329 e. The Kier molecular flexibility index (Phi) is 4.41. The van der Waals surface area contributed by atoms with E-state index in [2.05, 4.69) is 50.1 Å². The zero-order valence-electron chi connectivity index (χ0n) is 11.9. The van der Waals surface area contributed by atoms with Crippen molar-refractivity contribution < 1.29 is 0 Å². The van der Waals surface area contributed by atoms with E-state index in [4.69, 9.17) is 5.73 Å². The third-order valence-electron chi connectivity index (χ3n) is 3.78. The van der Waals surface area contributed by atoms with Gasteiger partial charge < -0.3 is 5.73 Å². The molecule has 0 amide bonds. The number of hydrogen-bond donors (Lipinski definition) is 1. The van der Waals surface area contributed by atoms with Crippen LogP contribution >= 0.6 is 0 Å². The Morgan fingerprint density at radius 3 is 2.28 bits per heavy atom. The van der Waals surface area contributed by atoms with Gasteiger partial charge in [0.2, 0.25) is 0 Å². The van der Waals surface area contributed by atoms with E-state index in [0.29, 0.717) is 18.5 Å². The Balaban J connectivity index is 2.06. The molecule has 0 saturated heterocycles. The van der Waals surface area contributed by atoms with Gasteiger partial charge in [-0.25, -0.2) is 0 Å². The van der Waals surface area contributed by atoms with E-state index in [9.17, 15) is 0 Å². The number of rotatable bonds is 6. The van der Waals surface area contributed by atoms with Gasteiger partial charge in [0.25, 0.3) is 0 Å². The molecule has 2 nitrogen and oxygen atoms in total. The molecule has 18 heavy (non-hydrogen) atoms. The summed E-state index contributed by atoms with van der Waals surface area (Å²) in [6.45, 7) is 6.28. The molecular weight excluding hydrogens is 220 g/mol. The Bertz CT molecular complexity index is 365. The molecule has 100 valence electrons. The van der Waals surface area contributed by atoms with E-state index in [1.54, 1.807) is 0 Å². The second-order valence-electron chi connectivity index (χ2n) is 6.03. The smallest absolute Gasteiger partial charge is 0.0467 e. The lowest BCUT2D eigenvalue weighted by molar-refractivity contribution is 0.223. The quantitative estimate of drug-likeness (QED) is 0.835. The minimum atomic E-state index is 0.348. The van der Waals surface area contributed by atoms with Crippen molar-refractivity contribution >= 4 is 0 Å². The predicted molar refractivity (Wildman–Crippen MR) is 77.7 cm³/mol. The van der Waals surface area contributed by atoms with Crippen LogP contribution in [0.3, 0.4) is 0 Å². The molecule has 1 aromatic carbocycles. The average Bonchev–Trinajstić information content (AvgIpc) is 3.14. The maximum absolute atomic E-state index is 5.95. The van der Waals surface area contributed by atoms with E-state index >= 15 is 0 Å². The summed E-state index contributed by atoms with van der Waals surface area (Å²) in [5.74, 6) is 1.51. The highest BCUT2D eigenvalue weighted by Crippen LogP contribution is 2.40. The highest BCUT2D eigenvalue weighted by atomic mass is 15.1. The number of nitrogens with two attached hydrogens (primary N) is 1. The Morgan fingerprint density at radius 2 is 1.83 bits per heavy atom. The monoisotopic (exact) mass is 246 g/mol. The normalized spacial score (nSPS) is 17.4. The van der Waals surface area contributed by atoms with Crippen LogP contribution in [0.1, 0.15) is 49.8 Å². The van der Waals surface area contributed by atoms with E-state index in [0.717, 1.165) is 12.5 Å². The average molecular weight is 246 g/mol. The molecule has 0 aliphatic heterocycles. The topological polar surface area (TPSA) is 29.3 Å². The molecule has 0 spiro atoms. The summed E-state index contributed by atoms with van der Waals surface area (Å²) in [6, 6.07) is 9.46. The first-order valence-corrected chi connectivity index (χ1v) is 7.12. The molecule has 2 N–H and O–H groups in total. The molecule has 2 heteroatoms. The second kappa shape index (κ2) is 5.85. The molecule has 0 bridgehead atoms. The highest BCUT2D eigenvalue weighted by molar-refractivity contribution is 5.29. The summed E-state index contributed by atoms with van der Waals surface area (Å²) in [5, 5.41) is 0. The molecule has 0 radical (unpaired) electrons. The molecule has 1 fully saturated rings. The molecule has 1 unspecified atom stereocenters. The van der Waals surface area contributed by atoms with Crippen molar-refractivity contribution in [3.05, 3.63) is 35.4 Å². The molecule has 1 aromatic rings. The van der Waals surface area contributed by atoms with Crippen molar-refractivity contribution in [3.8, 4) is 0 Å². The van der Waals surface area contributed by atoms with Gasteiger partial charge in [0.15, 0.2) is 0 Å². The fourth-order valence-corrected chi connectivity index (χ4v) is 2.68. The van der Waals surface area contributed by atoms with Crippen LogP contribution in [0.5, 0.6) is 0 Å². The highest BCUT2D eigenvalue weighted by Gasteiger charge is 2.23. The third-order valence-corrected chi connectivity index (χ3v) is 3.78. The molecule has 1 aliphatic rings. The summed E-state index contributed by atoms with van der Waals surface area (Å²) in [5.41, 5.74) is 8.80. The van der Waals surface area contributed by atoms with Gasteiger partial charge in [-0.15, -0.1) is 0 Å². The molecular formula is C16H26N2. The number of benzene rings is 1. The predicted octanol–water partition coefficient (Wildman–Crippen LogP) is 3.15. The van der Waals surface area contributed by atoms with Crippen LogP contribution in [0.4, 0.5) is 0 Å². The summed E-state index contributed by atoms with van der Waals surface area (Å²) < 4.78 is 0. The Hall–Kier alpha value is -0.860. The number of nitrogens with zero attached hydrogens (tertiary/aromatic N) is 1. The lowest BCUT2D eigenvalue weighted by Crippen LogP contribution is -2.33. The van der Waals surface area contributed by atoms with E-state index in [1.165, 1.54) is 24.0 Å². The fourth-order valence-electron chi connectivity index (χ4n) is 2.68. The maximum Gasteiger partial charge on any atom is 0.0467 e. The van der Waals surface area contributed by atoms with Gasteiger partial charge in [-0.1, -0.05) is 38.1 Å². The molecule has 2 rings (SSSR count). The summed E-state index contributed by atoms with van der Waals surface area (Å²) in [7, 11) is 2.17. The van der Waals surface area contributed by atoms with E-state index in [-0.39, 0.29) is 0 Å². The van der Waals surface area contributed by atoms with Crippen molar-refractivity contribution in [2.75, 3.05) is 20.1 Å². The van der Waals surface area contributed by atoms with Crippen LogP contribution in [0.15, 0.2) is 24.3 Å². The number of likely N-dealkylation sites (N-methyl/N-ethyl adjacent to an activating group) is 1. The zero-order chi connectivity index (χ0) is 13.1. The van der Waals surface area contributed by atoms with Gasteiger partial charge in [-0.3, -0.25) is 4.90 Å². The summed E-state index contributed by atoms with van der Waals surface area (Å²) in [6.07, 6.45) is 2.74. The first kappa shape index (κ1) is 13.6. The fraction of sp³-hybridized carbons (Fsp3) is 0.625. The van der Waals surface area contributed by atoms with Crippen LogP contribution in [-0.4, -0.2) is 25.0 Å². The van der Waals surface area contributed by atoms with Crippen molar-refractivity contribution in [1.29, 1.82) is 0 Å². The molecule has 0 heterocycles. The summed E-state index contributed by atoms with van der Waals surface area (Å²) in [4.78, 5) is 2.37. The SMILES string of the molecule is CC(C)CN(C)C(CN)c1ccc(C2CC2)cc1. The van der Waals surface area contributed by atoms with Crippen LogP contribution in [-0.2, 0) is 0 Å². The summed E-state index contributed by atoms with van der Waals surface area (Å²) >= 11 is 0. The van der Waals surface area contributed by atoms with Crippen molar-refractivity contribution in [3.63, 3.8) is 0 Å². The zero-order valence-corrected chi connectivity index (χ0v) is 11.9. The molecule has 1 aliphatic carbocycles. The van der Waals surface area contributed by atoms with Crippen molar-refractivity contribution in [1.82, 2.24) is 4.90 Å². The standard InChI is InChI=1S/C16H26N2/c1-12(2)11-18(3)16(10-17)15-8-6-14(7-9-15)13-4-5-13/h6-9,12-13,16H,4-5,10-11,17H2,1-3H3. The van der Waals surface area contributed by atoms with Gasteiger partial charge in [0, 0.05) is 19.1 Å². The number of hydrogen-bond acceptors (Lipinski definition) is 2. The first-order chi connectivity index (χ1) is 8.61. The minimum absolute atomic E-state index is 0.348. The van der Waals surface area contributed by atoms with Gasteiger partial charge in [0.05, 0.1) is 0 Å². The van der Waals surface area contributed by atoms with Crippen molar-refractivity contribution in [2.45, 2.75) is 38.6 Å². The van der Waals surface area contributed by atoms with E-state index < -0.39 is 0 Å². The third kappa shape index (κ3) is 3.33. The Morgan fingerprint density at radius 1 is 1.22 bits per heavy atom. The van der Waals surface area contributed by atoms with Gasteiger partial charge in [-0.05, 0) is 42.9 Å². The lowest BCUT2D eigenvalue weighted by Gasteiger charge is -2.29. The maximum atomic E-state index is 5.95.